The van der Waals surface area contributed by atoms with Gasteiger partial charge in [0.15, 0.2) is 13.2 Å². The summed E-state index contributed by atoms with van der Waals surface area (Å²) in [6, 6.07) is 0. The van der Waals surface area contributed by atoms with E-state index in [1.165, 1.54) is 0 Å². The van der Waals surface area contributed by atoms with Gasteiger partial charge in [-0.25, -0.2) is 17.6 Å². The maximum atomic E-state index is 13.0. The summed E-state index contributed by atoms with van der Waals surface area (Å²) >= 11 is 0. The van der Waals surface area contributed by atoms with Crippen molar-refractivity contribution < 1.29 is 46.8 Å². The first-order chi connectivity index (χ1) is 19.4. The van der Waals surface area contributed by atoms with Crippen LogP contribution in [-0.2, 0) is 19.1 Å². The Labute approximate surface area is 246 Å². The summed E-state index contributed by atoms with van der Waals surface area (Å²) in [7, 11) is 0. The van der Waals surface area contributed by atoms with E-state index in [-0.39, 0.29) is 35.5 Å². The lowest BCUT2D eigenvalue weighted by molar-refractivity contribution is -0.220. The van der Waals surface area contributed by atoms with Crippen molar-refractivity contribution in [3.63, 3.8) is 0 Å². The van der Waals surface area contributed by atoms with E-state index in [1.54, 1.807) is 0 Å². The molecule has 8 aliphatic carbocycles. The van der Waals surface area contributed by atoms with Gasteiger partial charge in [-0.05, 0) is 106 Å². The first kappa shape index (κ1) is 32.0. The van der Waals surface area contributed by atoms with Gasteiger partial charge in [-0.3, -0.25) is 9.59 Å². The van der Waals surface area contributed by atoms with Crippen molar-refractivity contribution in [2.75, 3.05) is 13.2 Å². The summed E-state index contributed by atoms with van der Waals surface area (Å²) in [5, 5.41) is 21.7. The molecule has 8 unspecified atom stereocenters. The van der Waals surface area contributed by atoms with Gasteiger partial charge in [0.05, 0.1) is 23.0 Å². The normalized spacial score (nSPS) is 43.3. The Bertz CT molecular complexity index is 1010. The van der Waals surface area contributed by atoms with E-state index in [2.05, 4.69) is 13.8 Å². The molecule has 6 nitrogen and oxygen atoms in total. The molecule has 0 saturated heterocycles. The third-order valence-corrected chi connectivity index (χ3v) is 11.2. The Balaban J connectivity index is 0.000000171. The smallest absolute Gasteiger partial charge is 0.309 e. The molecule has 0 amide bonds. The van der Waals surface area contributed by atoms with E-state index < -0.39 is 54.1 Å². The van der Waals surface area contributed by atoms with Crippen LogP contribution < -0.4 is 0 Å². The summed E-state index contributed by atoms with van der Waals surface area (Å²) in [5.74, 6) is -5.69. The molecule has 8 atom stereocenters. The van der Waals surface area contributed by atoms with Crippen LogP contribution in [0.25, 0.3) is 0 Å². The van der Waals surface area contributed by atoms with Gasteiger partial charge in [0.2, 0.25) is 0 Å². The fraction of sp³-hybridized carbons (Fsp3) is 0.938. The summed E-state index contributed by atoms with van der Waals surface area (Å²) in [6.07, 6.45) is 8.33. The van der Waals surface area contributed by atoms with Gasteiger partial charge in [-0.15, -0.1) is 0 Å². The van der Waals surface area contributed by atoms with E-state index in [0.29, 0.717) is 37.0 Å². The maximum absolute atomic E-state index is 13.0. The van der Waals surface area contributed by atoms with Gasteiger partial charge in [-0.2, -0.15) is 0 Å². The second-order valence-electron chi connectivity index (χ2n) is 15.6. The van der Waals surface area contributed by atoms with Crippen molar-refractivity contribution in [2.45, 2.75) is 115 Å². The number of carbonyl (C=O) groups is 2. The lowest BCUT2D eigenvalue weighted by atomic mass is 9.45. The highest BCUT2D eigenvalue weighted by Gasteiger charge is 2.63. The molecule has 0 aromatic carbocycles. The van der Waals surface area contributed by atoms with Crippen molar-refractivity contribution in [2.24, 2.45) is 59.2 Å². The molecule has 8 bridgehead atoms. The Morgan fingerprint density at radius 1 is 0.762 bits per heavy atom. The van der Waals surface area contributed by atoms with Crippen LogP contribution >= 0.6 is 0 Å². The molecule has 0 aromatic heterocycles. The minimum Gasteiger partial charge on any atom is -0.459 e. The molecule has 8 fully saturated rings. The molecule has 0 spiro atoms. The Morgan fingerprint density at radius 3 is 1.79 bits per heavy atom. The van der Waals surface area contributed by atoms with E-state index in [9.17, 15) is 37.4 Å². The van der Waals surface area contributed by atoms with Gasteiger partial charge >= 0.3 is 11.9 Å². The number of alkyl halides is 4. The Kier molecular flexibility index (Phi) is 8.52. The van der Waals surface area contributed by atoms with Gasteiger partial charge in [0.25, 0.3) is 11.8 Å². The van der Waals surface area contributed by atoms with E-state index in [1.807, 2.05) is 0 Å². The van der Waals surface area contributed by atoms with Crippen LogP contribution in [0.2, 0.25) is 0 Å². The highest BCUT2D eigenvalue weighted by atomic mass is 19.3. The van der Waals surface area contributed by atoms with Crippen molar-refractivity contribution >= 4 is 11.9 Å². The van der Waals surface area contributed by atoms with Crippen LogP contribution in [0.15, 0.2) is 0 Å². The lowest BCUT2D eigenvalue weighted by Crippen LogP contribution is -2.63. The number of rotatable bonds is 8. The summed E-state index contributed by atoms with van der Waals surface area (Å²) in [5.41, 5.74) is -1.44. The molecular formula is C32H48F4O6. The second kappa shape index (κ2) is 11.2. The largest absolute Gasteiger partial charge is 0.459 e. The van der Waals surface area contributed by atoms with Gasteiger partial charge in [0, 0.05) is 19.8 Å². The number of hydrogen-bond donors (Lipinski definition) is 2. The van der Waals surface area contributed by atoms with Crippen LogP contribution in [0, 0.1) is 59.2 Å². The molecule has 0 heterocycles. The summed E-state index contributed by atoms with van der Waals surface area (Å²) < 4.78 is 61.2. The number of halogens is 4. The Morgan fingerprint density at radius 2 is 1.29 bits per heavy atom. The van der Waals surface area contributed by atoms with Gasteiger partial charge in [-0.1, -0.05) is 13.8 Å². The van der Waals surface area contributed by atoms with Crippen molar-refractivity contribution in [3.8, 4) is 0 Å². The minimum absolute atomic E-state index is 0.120. The molecule has 0 aliphatic heterocycles. The molecule has 240 valence electrons. The molecule has 8 rings (SSSR count). The Hall–Kier alpha value is -1.42. The van der Waals surface area contributed by atoms with Crippen molar-refractivity contribution in [3.05, 3.63) is 0 Å². The van der Waals surface area contributed by atoms with Crippen LogP contribution in [0.4, 0.5) is 17.6 Å². The molecule has 10 heteroatoms. The monoisotopic (exact) mass is 604 g/mol. The first-order valence-electron chi connectivity index (χ1n) is 15.9. The number of carbonyl (C=O) groups excluding carboxylic acids is 2. The highest BCUT2D eigenvalue weighted by Crippen LogP contribution is 2.62. The van der Waals surface area contributed by atoms with Crippen LogP contribution in [0.1, 0.15) is 91.9 Å². The van der Waals surface area contributed by atoms with E-state index >= 15 is 0 Å². The van der Waals surface area contributed by atoms with Crippen molar-refractivity contribution in [1.82, 2.24) is 0 Å². The molecule has 42 heavy (non-hydrogen) atoms. The first-order valence-corrected chi connectivity index (χ1v) is 15.9. The fourth-order valence-electron chi connectivity index (χ4n) is 10.3. The number of aliphatic hydroxyl groups is 2. The third-order valence-electron chi connectivity index (χ3n) is 11.2. The highest BCUT2D eigenvalue weighted by molar-refractivity contribution is 5.74. The van der Waals surface area contributed by atoms with Crippen LogP contribution in [0.5, 0.6) is 0 Å². The lowest BCUT2D eigenvalue weighted by Gasteiger charge is -2.62. The predicted octanol–water partition coefficient (Wildman–Crippen LogP) is 6.02. The van der Waals surface area contributed by atoms with E-state index in [4.69, 9.17) is 9.47 Å². The molecule has 8 aliphatic rings. The zero-order valence-electron chi connectivity index (χ0n) is 25.3. The predicted molar refractivity (Wildman–Crippen MR) is 145 cm³/mol. The molecule has 2 N–H and O–H groups in total. The standard InChI is InChI=1S/C18H28F2O3.C14H20F2O3/c1-10(2)8-18(22)13-5-11-4-12(7-13)15(14(18)6-11)16(21)23-9-17(3,19)20;1-13(15,16)7-19-12(17)11-9-2-8-3-10(11)6-14(18,4-8)5-9/h10-15,22H,4-9H2,1-3H3;8-11,18H,2-7H2,1H3. The van der Waals surface area contributed by atoms with Gasteiger partial charge < -0.3 is 19.7 Å². The molecular weight excluding hydrogens is 556 g/mol. The maximum Gasteiger partial charge on any atom is 0.309 e. The van der Waals surface area contributed by atoms with Crippen LogP contribution in [0.3, 0.4) is 0 Å². The van der Waals surface area contributed by atoms with E-state index in [0.717, 1.165) is 58.8 Å². The quantitative estimate of drug-likeness (QED) is 0.260. The number of ether oxygens (including phenoxy) is 2. The van der Waals surface area contributed by atoms with Crippen LogP contribution in [-0.4, -0.2) is 58.4 Å². The minimum atomic E-state index is -3.00. The van der Waals surface area contributed by atoms with Gasteiger partial charge in [0.1, 0.15) is 0 Å². The SMILES string of the molecule is CC(C)CC1(O)C2CC3CC(C2)C(C(=O)OCC(C)(F)F)C1C3.CC(F)(F)COC(=O)C1C2CC3CC1CC(O)(C3)C2. The van der Waals surface area contributed by atoms with Crippen molar-refractivity contribution in [1.29, 1.82) is 0 Å². The fourth-order valence-corrected chi connectivity index (χ4v) is 10.3. The summed E-state index contributed by atoms with van der Waals surface area (Å²) in [4.78, 5) is 24.5. The molecule has 8 saturated carbocycles. The summed E-state index contributed by atoms with van der Waals surface area (Å²) in [6.45, 7) is 3.96. The zero-order chi connectivity index (χ0) is 30.8. The average molecular weight is 605 g/mol. The zero-order valence-corrected chi connectivity index (χ0v) is 25.3. The number of hydrogen-bond acceptors (Lipinski definition) is 6. The average Bonchev–Trinajstić information content (AvgIpc) is 2.82. The molecule has 0 aromatic rings. The second-order valence-corrected chi connectivity index (χ2v) is 15.6. The molecule has 0 radical (unpaired) electrons. The number of esters is 2. The topological polar surface area (TPSA) is 93.1 Å². The third kappa shape index (κ3) is 6.64.